The van der Waals surface area contributed by atoms with Gasteiger partial charge in [-0.2, -0.15) is 4.31 Å². The molecule has 9 nitrogen and oxygen atoms in total. The molecule has 0 bridgehead atoms. The number of hydrogen-bond donors (Lipinski definition) is 2. The third-order valence-electron chi connectivity index (χ3n) is 5.25. The van der Waals surface area contributed by atoms with Crippen molar-refractivity contribution in [3.05, 3.63) is 64.9 Å². The maximum atomic E-state index is 13.1. The molecule has 0 unspecified atom stereocenters. The van der Waals surface area contributed by atoms with Gasteiger partial charge in [-0.25, -0.2) is 13.4 Å². The number of carbonyl (C=O) groups is 1. The van der Waals surface area contributed by atoms with Crippen molar-refractivity contribution in [2.75, 3.05) is 26.2 Å². The van der Waals surface area contributed by atoms with Gasteiger partial charge in [-0.05, 0) is 43.3 Å². The molecule has 1 aliphatic heterocycles. The summed E-state index contributed by atoms with van der Waals surface area (Å²) < 4.78 is 27.3. The van der Waals surface area contributed by atoms with Crippen LogP contribution in [0.25, 0.3) is 10.6 Å². The maximum Gasteiger partial charge on any atom is 0.265 e. The van der Waals surface area contributed by atoms with Crippen molar-refractivity contribution >= 4 is 33.1 Å². The van der Waals surface area contributed by atoms with Crippen LogP contribution in [-0.2, 0) is 10.0 Å². The molecule has 1 aromatic carbocycles. The van der Waals surface area contributed by atoms with Crippen LogP contribution in [0.4, 0.5) is 0 Å². The van der Waals surface area contributed by atoms with Crippen LogP contribution >= 0.6 is 11.3 Å². The maximum absolute atomic E-state index is 13.1. The van der Waals surface area contributed by atoms with Crippen molar-refractivity contribution in [3.8, 4) is 10.6 Å². The number of hydrogen-bond acceptors (Lipinski definition) is 7. The summed E-state index contributed by atoms with van der Waals surface area (Å²) >= 11 is 1.33. The second-order valence-electron chi connectivity index (χ2n) is 7.30. The quantitative estimate of drug-likeness (QED) is 0.432. The van der Waals surface area contributed by atoms with Crippen LogP contribution in [0, 0.1) is 12.3 Å². The molecule has 4 rings (SSSR count). The number of amides is 1. The monoisotopic (exact) mass is 470 g/mol. The van der Waals surface area contributed by atoms with Crippen LogP contribution in [0.15, 0.2) is 53.7 Å². The normalized spacial score (nSPS) is 15.0. The molecular weight excluding hydrogens is 448 g/mol. The standard InChI is InChI=1S/C21H22N6O3S2/c1-14-18(31-20(25-14)16-6-8-24-9-7-16)21(28)26-10-12-27(13-11-26)32(29,30)17-4-2-15(3-5-17)19(22)23/h2-9H,10-13H2,1H3,(H3,22,23). The predicted octanol–water partition coefficient (Wildman–Crippen LogP) is 1.94. The number of rotatable bonds is 5. The molecule has 0 saturated carbocycles. The zero-order valence-corrected chi connectivity index (χ0v) is 19.0. The number of amidine groups is 1. The Labute approximate surface area is 190 Å². The van der Waals surface area contributed by atoms with Crippen LogP contribution < -0.4 is 5.73 Å². The molecule has 2 aromatic heterocycles. The fraction of sp³-hybridized carbons (Fsp3) is 0.238. The van der Waals surface area contributed by atoms with Gasteiger partial charge in [0.15, 0.2) is 0 Å². The number of pyridine rings is 1. The number of sulfonamides is 1. The fourth-order valence-corrected chi connectivity index (χ4v) is 5.91. The Hall–Kier alpha value is -3.15. The van der Waals surface area contributed by atoms with E-state index >= 15 is 0 Å². The molecule has 3 N–H and O–H groups in total. The Morgan fingerprint density at radius 1 is 1.06 bits per heavy atom. The number of aromatic nitrogens is 2. The number of piperazine rings is 1. The van der Waals surface area contributed by atoms with Gasteiger partial charge < -0.3 is 10.6 Å². The molecule has 0 aliphatic carbocycles. The number of aryl methyl sites for hydroxylation is 1. The Morgan fingerprint density at radius 2 is 1.69 bits per heavy atom. The summed E-state index contributed by atoms with van der Waals surface area (Å²) in [6.07, 6.45) is 3.36. The van der Waals surface area contributed by atoms with Crippen LogP contribution in [0.5, 0.6) is 0 Å². The first-order valence-electron chi connectivity index (χ1n) is 9.89. The van der Waals surface area contributed by atoms with Crippen molar-refractivity contribution in [2.24, 2.45) is 5.73 Å². The van der Waals surface area contributed by atoms with Crippen molar-refractivity contribution < 1.29 is 13.2 Å². The molecule has 3 aromatic rings. The van der Waals surface area contributed by atoms with Crippen LogP contribution in [0.3, 0.4) is 0 Å². The number of nitrogens with two attached hydrogens (primary N) is 1. The molecule has 0 atom stereocenters. The van der Waals surface area contributed by atoms with Gasteiger partial charge in [-0.3, -0.25) is 15.2 Å². The molecule has 1 fully saturated rings. The largest absolute Gasteiger partial charge is 0.384 e. The Balaban J connectivity index is 1.45. The number of nitrogens with one attached hydrogen (secondary N) is 1. The van der Waals surface area contributed by atoms with Crippen LogP contribution in [-0.4, -0.2) is 65.5 Å². The van der Waals surface area contributed by atoms with E-state index in [0.717, 1.165) is 10.6 Å². The average molecular weight is 471 g/mol. The van der Waals surface area contributed by atoms with Crippen LogP contribution in [0.2, 0.25) is 0 Å². The predicted molar refractivity (Wildman–Crippen MR) is 122 cm³/mol. The fourth-order valence-electron chi connectivity index (χ4n) is 3.44. The van der Waals surface area contributed by atoms with Gasteiger partial charge in [0.2, 0.25) is 10.0 Å². The summed E-state index contributed by atoms with van der Waals surface area (Å²) in [6, 6.07) is 9.62. The molecule has 1 amide bonds. The average Bonchev–Trinajstić information content (AvgIpc) is 3.21. The number of nitrogens with zero attached hydrogens (tertiary/aromatic N) is 4. The number of nitrogen functional groups attached to an aromatic ring is 1. The second kappa shape index (κ2) is 8.77. The molecule has 32 heavy (non-hydrogen) atoms. The van der Waals surface area contributed by atoms with Gasteiger partial charge in [0.25, 0.3) is 5.91 Å². The lowest BCUT2D eigenvalue weighted by Gasteiger charge is -2.33. The Bertz CT molecular complexity index is 1250. The molecule has 3 heterocycles. The SMILES string of the molecule is Cc1nc(-c2ccncc2)sc1C(=O)N1CCN(S(=O)(=O)c2ccc(C(=N)N)cc2)CC1. The van der Waals surface area contributed by atoms with E-state index in [2.05, 4.69) is 9.97 Å². The van der Waals surface area contributed by atoms with E-state index in [0.29, 0.717) is 29.2 Å². The molecule has 1 aliphatic rings. The van der Waals surface area contributed by atoms with E-state index in [-0.39, 0.29) is 29.7 Å². The smallest absolute Gasteiger partial charge is 0.265 e. The highest BCUT2D eigenvalue weighted by molar-refractivity contribution is 7.89. The van der Waals surface area contributed by atoms with Gasteiger partial charge >= 0.3 is 0 Å². The molecule has 0 spiro atoms. The molecule has 0 radical (unpaired) electrons. The summed E-state index contributed by atoms with van der Waals surface area (Å²) in [5.74, 6) is -0.255. The van der Waals surface area contributed by atoms with E-state index in [4.69, 9.17) is 11.1 Å². The van der Waals surface area contributed by atoms with Crippen LogP contribution in [0.1, 0.15) is 20.9 Å². The van der Waals surface area contributed by atoms with E-state index in [1.165, 1.54) is 39.9 Å². The lowest BCUT2D eigenvalue weighted by atomic mass is 10.2. The molecule has 166 valence electrons. The summed E-state index contributed by atoms with van der Waals surface area (Å²) in [7, 11) is -3.69. The molecule has 1 saturated heterocycles. The summed E-state index contributed by atoms with van der Waals surface area (Å²) in [6.45, 7) is 2.81. The first kappa shape index (κ1) is 22.1. The minimum Gasteiger partial charge on any atom is -0.384 e. The second-order valence-corrected chi connectivity index (χ2v) is 10.2. The molecule has 11 heteroatoms. The van der Waals surface area contributed by atoms with E-state index < -0.39 is 10.0 Å². The highest BCUT2D eigenvalue weighted by atomic mass is 32.2. The minimum atomic E-state index is -3.69. The first-order chi connectivity index (χ1) is 15.3. The van der Waals surface area contributed by atoms with Gasteiger partial charge in [-0.1, -0.05) is 0 Å². The van der Waals surface area contributed by atoms with Gasteiger partial charge in [0.1, 0.15) is 15.7 Å². The van der Waals surface area contributed by atoms with E-state index in [9.17, 15) is 13.2 Å². The number of carbonyl (C=O) groups excluding carboxylic acids is 1. The van der Waals surface area contributed by atoms with Gasteiger partial charge in [-0.15, -0.1) is 11.3 Å². The zero-order chi connectivity index (χ0) is 22.9. The van der Waals surface area contributed by atoms with Crippen molar-refractivity contribution in [3.63, 3.8) is 0 Å². The minimum absolute atomic E-state index is 0.119. The number of benzene rings is 1. The van der Waals surface area contributed by atoms with Gasteiger partial charge in [0, 0.05) is 49.7 Å². The topological polar surface area (TPSA) is 133 Å². The Morgan fingerprint density at radius 3 is 2.28 bits per heavy atom. The first-order valence-corrected chi connectivity index (χ1v) is 12.1. The van der Waals surface area contributed by atoms with Crippen molar-refractivity contribution in [2.45, 2.75) is 11.8 Å². The van der Waals surface area contributed by atoms with Gasteiger partial charge in [0.05, 0.1) is 10.6 Å². The van der Waals surface area contributed by atoms with E-state index in [1.807, 2.05) is 12.1 Å². The zero-order valence-electron chi connectivity index (χ0n) is 17.4. The summed E-state index contributed by atoms with van der Waals surface area (Å²) in [5, 5.41) is 8.18. The van der Waals surface area contributed by atoms with Crippen molar-refractivity contribution in [1.29, 1.82) is 5.41 Å². The summed E-state index contributed by atoms with van der Waals surface area (Å²) in [5.41, 5.74) is 7.46. The molecular formula is C21H22N6O3S2. The Kier molecular flexibility index (Phi) is 6.04. The van der Waals surface area contributed by atoms with Crippen molar-refractivity contribution in [1.82, 2.24) is 19.2 Å². The third kappa shape index (κ3) is 4.27. The third-order valence-corrected chi connectivity index (χ3v) is 8.35. The highest BCUT2D eigenvalue weighted by Crippen LogP contribution is 2.29. The van der Waals surface area contributed by atoms with E-state index in [1.54, 1.807) is 24.2 Å². The number of thiazole rings is 1. The summed E-state index contributed by atoms with van der Waals surface area (Å²) in [4.78, 5) is 24.0. The lowest BCUT2D eigenvalue weighted by molar-refractivity contribution is 0.0702. The highest BCUT2D eigenvalue weighted by Gasteiger charge is 2.31. The lowest BCUT2D eigenvalue weighted by Crippen LogP contribution is -2.50.